The SMILES string of the molecule is CC1=CN(C)C(=O)[C@@H](N(C(=O)NCCC(=O)O)c2cccc(-c3ccc(F)cc3F)c2)C1=O. The van der Waals surface area contributed by atoms with Gasteiger partial charge < -0.3 is 15.3 Å². The summed E-state index contributed by atoms with van der Waals surface area (Å²) in [5.41, 5.74) is 0.675. The van der Waals surface area contributed by atoms with Crippen molar-refractivity contribution in [2.45, 2.75) is 19.4 Å². The average Bonchev–Trinajstić information content (AvgIpc) is 2.75. The summed E-state index contributed by atoms with van der Waals surface area (Å²) in [7, 11) is 1.44. The van der Waals surface area contributed by atoms with E-state index in [4.69, 9.17) is 5.11 Å². The summed E-state index contributed by atoms with van der Waals surface area (Å²) in [4.78, 5) is 51.7. The second-order valence-electron chi connectivity index (χ2n) is 7.45. The number of hydrogen-bond donors (Lipinski definition) is 2. The minimum absolute atomic E-state index is 0.0546. The minimum Gasteiger partial charge on any atom is -0.481 e. The van der Waals surface area contributed by atoms with Crippen LogP contribution >= 0.6 is 0 Å². The number of carboxylic acid groups (broad SMARTS) is 1. The quantitative estimate of drug-likeness (QED) is 0.649. The smallest absolute Gasteiger partial charge is 0.323 e. The normalized spacial score (nSPS) is 15.8. The zero-order valence-corrected chi connectivity index (χ0v) is 17.8. The lowest BCUT2D eigenvalue weighted by atomic mass is 9.98. The molecular weight excluding hydrogens is 436 g/mol. The summed E-state index contributed by atoms with van der Waals surface area (Å²) in [6.45, 7) is 1.26. The molecule has 2 N–H and O–H groups in total. The molecule has 1 atom stereocenters. The Hall–Kier alpha value is -4.08. The van der Waals surface area contributed by atoms with Gasteiger partial charge in [-0.05, 0) is 36.8 Å². The molecule has 0 saturated carbocycles. The van der Waals surface area contributed by atoms with E-state index in [0.717, 1.165) is 17.0 Å². The largest absolute Gasteiger partial charge is 0.481 e. The molecule has 0 aromatic heterocycles. The maximum atomic E-state index is 14.3. The summed E-state index contributed by atoms with van der Waals surface area (Å²) in [5, 5.41) is 11.2. The number of carboxylic acids is 1. The Bertz CT molecular complexity index is 1160. The standard InChI is InChI=1S/C23H21F2N3O5/c1-13-12-27(2)22(32)20(21(13)31)28(23(33)26-9-8-19(29)30)16-5-3-4-14(10-16)17-7-6-15(24)11-18(17)25/h3-7,10-12,20H,8-9H2,1-2H3,(H,26,33)(H,29,30)/t20-/m0/s1. The zero-order valence-electron chi connectivity index (χ0n) is 17.8. The molecule has 0 fully saturated rings. The first kappa shape index (κ1) is 23.6. The van der Waals surface area contributed by atoms with E-state index in [-0.39, 0.29) is 35.4 Å². The van der Waals surface area contributed by atoms with Crippen LogP contribution in [0.15, 0.2) is 54.2 Å². The van der Waals surface area contributed by atoms with E-state index in [1.54, 1.807) is 0 Å². The first-order valence-electron chi connectivity index (χ1n) is 9.94. The Morgan fingerprint density at radius 1 is 1.15 bits per heavy atom. The van der Waals surface area contributed by atoms with E-state index in [0.29, 0.717) is 0 Å². The number of amides is 3. The number of anilines is 1. The lowest BCUT2D eigenvalue weighted by Gasteiger charge is -2.34. The van der Waals surface area contributed by atoms with Crippen LogP contribution in [0.1, 0.15) is 13.3 Å². The van der Waals surface area contributed by atoms with Gasteiger partial charge in [-0.2, -0.15) is 0 Å². The van der Waals surface area contributed by atoms with Crippen LogP contribution in [0.2, 0.25) is 0 Å². The van der Waals surface area contributed by atoms with Gasteiger partial charge in [-0.25, -0.2) is 13.6 Å². The van der Waals surface area contributed by atoms with Crippen molar-refractivity contribution in [3.8, 4) is 11.1 Å². The second-order valence-corrected chi connectivity index (χ2v) is 7.45. The van der Waals surface area contributed by atoms with E-state index >= 15 is 0 Å². The molecule has 1 aliphatic heterocycles. The fourth-order valence-corrected chi connectivity index (χ4v) is 3.46. The molecule has 0 radical (unpaired) electrons. The van der Waals surface area contributed by atoms with Gasteiger partial charge in [0.15, 0.2) is 11.8 Å². The van der Waals surface area contributed by atoms with Crippen LogP contribution < -0.4 is 10.2 Å². The number of ketones is 1. The van der Waals surface area contributed by atoms with Crippen LogP contribution in [0.4, 0.5) is 19.3 Å². The lowest BCUT2D eigenvalue weighted by molar-refractivity contribution is -0.137. The Kier molecular flexibility index (Phi) is 6.86. The highest BCUT2D eigenvalue weighted by molar-refractivity contribution is 6.21. The average molecular weight is 457 g/mol. The zero-order chi connectivity index (χ0) is 24.3. The van der Waals surface area contributed by atoms with Gasteiger partial charge in [0.1, 0.15) is 11.6 Å². The summed E-state index contributed by atoms with van der Waals surface area (Å²) < 4.78 is 27.7. The van der Waals surface area contributed by atoms with Crippen molar-refractivity contribution in [1.82, 2.24) is 10.2 Å². The highest BCUT2D eigenvalue weighted by Gasteiger charge is 2.41. The molecule has 0 aliphatic carbocycles. The van der Waals surface area contributed by atoms with Crippen molar-refractivity contribution >= 4 is 29.4 Å². The number of nitrogens with zero attached hydrogens (tertiary/aromatic N) is 2. The van der Waals surface area contributed by atoms with E-state index in [1.807, 2.05) is 0 Å². The number of halogens is 2. The van der Waals surface area contributed by atoms with E-state index in [2.05, 4.69) is 5.32 Å². The van der Waals surface area contributed by atoms with Crippen LogP contribution in [0.25, 0.3) is 11.1 Å². The Balaban J connectivity index is 2.07. The van der Waals surface area contributed by atoms with Gasteiger partial charge in [0.2, 0.25) is 0 Å². The molecule has 10 heteroatoms. The predicted molar refractivity (Wildman–Crippen MR) is 115 cm³/mol. The maximum absolute atomic E-state index is 14.3. The van der Waals surface area contributed by atoms with Crippen molar-refractivity contribution in [2.24, 2.45) is 0 Å². The molecule has 1 heterocycles. The molecule has 0 unspecified atom stereocenters. The third kappa shape index (κ3) is 5.05. The predicted octanol–water partition coefficient (Wildman–Crippen LogP) is 2.94. The molecule has 0 spiro atoms. The van der Waals surface area contributed by atoms with Crippen LogP contribution in [-0.4, -0.2) is 53.3 Å². The van der Waals surface area contributed by atoms with E-state index in [1.165, 1.54) is 55.4 Å². The Labute approximate surface area is 188 Å². The molecule has 3 amide bonds. The van der Waals surface area contributed by atoms with Gasteiger partial charge in [0.05, 0.1) is 6.42 Å². The highest BCUT2D eigenvalue weighted by Crippen LogP contribution is 2.30. The van der Waals surface area contributed by atoms with E-state index in [9.17, 15) is 28.0 Å². The number of likely N-dealkylation sites (N-methyl/N-ethyl adjacent to an activating group) is 1. The van der Waals surface area contributed by atoms with Gasteiger partial charge in [-0.3, -0.25) is 19.3 Å². The first-order valence-corrected chi connectivity index (χ1v) is 9.94. The lowest BCUT2D eigenvalue weighted by Crippen LogP contribution is -2.58. The van der Waals surface area contributed by atoms with Gasteiger partial charge >= 0.3 is 12.0 Å². The minimum atomic E-state index is -1.54. The third-order valence-corrected chi connectivity index (χ3v) is 5.06. The molecule has 2 aromatic rings. The first-order chi connectivity index (χ1) is 15.6. The number of urea groups is 1. The second kappa shape index (κ2) is 9.60. The molecule has 33 heavy (non-hydrogen) atoms. The summed E-state index contributed by atoms with van der Waals surface area (Å²) in [6, 6.07) is 6.49. The molecule has 3 rings (SSSR count). The fourth-order valence-electron chi connectivity index (χ4n) is 3.46. The summed E-state index contributed by atoms with van der Waals surface area (Å²) in [6.07, 6.45) is 0.984. The van der Waals surface area contributed by atoms with Crippen molar-refractivity contribution in [3.63, 3.8) is 0 Å². The van der Waals surface area contributed by atoms with Crippen LogP contribution in [0.3, 0.4) is 0 Å². The molecule has 1 aliphatic rings. The van der Waals surface area contributed by atoms with Crippen LogP contribution in [0, 0.1) is 11.6 Å². The number of aliphatic carboxylic acids is 1. The third-order valence-electron chi connectivity index (χ3n) is 5.06. The molecule has 172 valence electrons. The van der Waals surface area contributed by atoms with Gasteiger partial charge in [0.25, 0.3) is 5.91 Å². The van der Waals surface area contributed by atoms with Crippen molar-refractivity contribution in [2.75, 3.05) is 18.5 Å². The van der Waals surface area contributed by atoms with Gasteiger partial charge in [-0.15, -0.1) is 0 Å². The Morgan fingerprint density at radius 2 is 1.88 bits per heavy atom. The highest BCUT2D eigenvalue weighted by atomic mass is 19.1. The Morgan fingerprint density at radius 3 is 2.55 bits per heavy atom. The molecule has 0 saturated heterocycles. The fraction of sp³-hybridized carbons (Fsp3) is 0.217. The molecule has 8 nitrogen and oxygen atoms in total. The number of carbonyl (C=O) groups is 4. The van der Waals surface area contributed by atoms with Gasteiger partial charge in [-0.1, -0.05) is 12.1 Å². The van der Waals surface area contributed by atoms with Crippen molar-refractivity contribution in [1.29, 1.82) is 0 Å². The number of hydrogen-bond acceptors (Lipinski definition) is 4. The summed E-state index contributed by atoms with van der Waals surface area (Å²) >= 11 is 0. The topological polar surface area (TPSA) is 107 Å². The number of rotatable bonds is 6. The number of nitrogens with one attached hydrogen (secondary N) is 1. The maximum Gasteiger partial charge on any atom is 0.323 e. The van der Waals surface area contributed by atoms with Crippen molar-refractivity contribution < 1.29 is 33.1 Å². The number of benzene rings is 2. The molecule has 2 aromatic carbocycles. The van der Waals surface area contributed by atoms with Crippen LogP contribution in [0.5, 0.6) is 0 Å². The monoisotopic (exact) mass is 457 g/mol. The van der Waals surface area contributed by atoms with E-state index < -0.39 is 41.4 Å². The van der Waals surface area contributed by atoms with Crippen molar-refractivity contribution in [3.05, 3.63) is 65.9 Å². The van der Waals surface area contributed by atoms with Crippen LogP contribution in [-0.2, 0) is 14.4 Å². The molecular formula is C23H21F2N3O5. The summed E-state index contributed by atoms with van der Waals surface area (Å²) in [5.74, 6) is -4.00. The van der Waals surface area contributed by atoms with Gasteiger partial charge in [0, 0.05) is 42.7 Å². The molecule has 0 bridgehead atoms. The number of Topliss-reactive ketones (excluding diaryl/α,β-unsaturated/α-hetero) is 1. The number of carbonyl (C=O) groups excluding carboxylic acids is 3.